The van der Waals surface area contributed by atoms with Crippen LogP contribution in [0.4, 0.5) is 0 Å². The molecule has 5 nitrogen and oxygen atoms in total. The van der Waals surface area contributed by atoms with E-state index >= 15 is 0 Å². The van der Waals surface area contributed by atoms with Gasteiger partial charge in [0, 0.05) is 6.04 Å². The predicted octanol–water partition coefficient (Wildman–Crippen LogP) is -0.376. The van der Waals surface area contributed by atoms with E-state index in [0.29, 0.717) is 6.61 Å². The van der Waals surface area contributed by atoms with Crippen molar-refractivity contribution in [3.8, 4) is 0 Å². The zero-order valence-corrected chi connectivity index (χ0v) is 8.81. The Bertz CT molecular complexity index is 231. The van der Waals surface area contributed by atoms with Crippen LogP contribution in [0.2, 0.25) is 0 Å². The van der Waals surface area contributed by atoms with Crippen LogP contribution in [-0.2, 0) is 16.0 Å². The molecule has 0 amide bonds. The quantitative estimate of drug-likeness (QED) is 0.555. The second kappa shape index (κ2) is 4.24. The number of rotatable bonds is 2. The second-order valence-corrected chi connectivity index (χ2v) is 4.75. The Morgan fingerprint density at radius 1 is 1.50 bits per heavy atom. The highest BCUT2D eigenvalue weighted by molar-refractivity contribution is 7.77. The third-order valence-electron chi connectivity index (χ3n) is 2.99. The zero-order chi connectivity index (χ0) is 10.0. The van der Waals surface area contributed by atoms with Gasteiger partial charge >= 0.3 is 0 Å². The zero-order valence-electron chi connectivity index (χ0n) is 7.99. The molecule has 0 radical (unpaired) electrons. The van der Waals surface area contributed by atoms with Gasteiger partial charge in [-0.3, -0.25) is 4.55 Å². The van der Waals surface area contributed by atoms with Crippen molar-refractivity contribution in [2.24, 2.45) is 0 Å². The van der Waals surface area contributed by atoms with E-state index in [1.54, 1.807) is 0 Å². The third-order valence-corrected chi connectivity index (χ3v) is 3.53. The molecule has 82 valence electrons. The van der Waals surface area contributed by atoms with E-state index < -0.39 is 11.3 Å². The molecule has 0 aromatic rings. The smallest absolute Gasteiger partial charge is 0.232 e. The average Bonchev–Trinajstić information content (AvgIpc) is 2.49. The van der Waals surface area contributed by atoms with Gasteiger partial charge in [0.25, 0.3) is 0 Å². The summed E-state index contributed by atoms with van der Waals surface area (Å²) in [6, 6.07) is 0.0268. The summed E-state index contributed by atoms with van der Waals surface area (Å²) in [5, 5.41) is 3.28. The van der Waals surface area contributed by atoms with Gasteiger partial charge in [0.05, 0.1) is 12.2 Å². The first-order valence-corrected chi connectivity index (χ1v) is 6.03. The first-order chi connectivity index (χ1) is 6.70. The summed E-state index contributed by atoms with van der Waals surface area (Å²) < 4.78 is 27.6. The van der Waals surface area contributed by atoms with Crippen molar-refractivity contribution in [2.45, 2.75) is 30.9 Å². The maximum Gasteiger partial charge on any atom is 0.232 e. The van der Waals surface area contributed by atoms with Crippen molar-refractivity contribution >= 4 is 11.3 Å². The van der Waals surface area contributed by atoms with E-state index in [1.165, 1.54) is 0 Å². The molecule has 2 rings (SSSR count). The van der Waals surface area contributed by atoms with E-state index in [0.717, 1.165) is 32.4 Å². The predicted molar refractivity (Wildman–Crippen MR) is 53.1 cm³/mol. The minimum atomic E-state index is -1.92. The van der Waals surface area contributed by atoms with Crippen LogP contribution in [0, 0.1) is 0 Å². The molecule has 2 unspecified atom stereocenters. The largest absolute Gasteiger partial charge is 0.373 e. The number of piperidine rings is 1. The lowest BCUT2D eigenvalue weighted by Gasteiger charge is -2.32. The number of hydrogen-bond acceptors (Lipinski definition) is 3. The van der Waals surface area contributed by atoms with Gasteiger partial charge in [0.2, 0.25) is 11.3 Å². The summed E-state index contributed by atoms with van der Waals surface area (Å²) >= 11 is -1.92. The Morgan fingerprint density at radius 2 is 2.21 bits per heavy atom. The van der Waals surface area contributed by atoms with Crippen molar-refractivity contribution in [1.29, 1.82) is 0 Å². The van der Waals surface area contributed by atoms with Crippen molar-refractivity contribution in [2.75, 3.05) is 19.7 Å². The minimum Gasteiger partial charge on any atom is -0.373 e. The lowest BCUT2D eigenvalue weighted by molar-refractivity contribution is -0.0193. The summed E-state index contributed by atoms with van der Waals surface area (Å²) in [5.41, 5.74) is -0.0394. The fourth-order valence-electron chi connectivity index (χ4n) is 2.29. The first kappa shape index (κ1) is 10.5. The SMILES string of the molecule is O=S(O)NC1COC2(CCNCC2)C1. The van der Waals surface area contributed by atoms with Crippen molar-refractivity contribution in [3.05, 3.63) is 0 Å². The van der Waals surface area contributed by atoms with E-state index in [2.05, 4.69) is 10.0 Å². The topological polar surface area (TPSA) is 70.6 Å². The van der Waals surface area contributed by atoms with Gasteiger partial charge < -0.3 is 10.1 Å². The summed E-state index contributed by atoms with van der Waals surface area (Å²) in [7, 11) is 0. The molecule has 2 atom stereocenters. The van der Waals surface area contributed by atoms with Crippen LogP contribution in [0.15, 0.2) is 0 Å². The fourth-order valence-corrected chi connectivity index (χ4v) is 2.73. The van der Waals surface area contributed by atoms with Gasteiger partial charge in [-0.15, -0.1) is 0 Å². The van der Waals surface area contributed by atoms with E-state index in [1.807, 2.05) is 0 Å². The highest BCUT2D eigenvalue weighted by Crippen LogP contribution is 2.33. The van der Waals surface area contributed by atoms with Crippen LogP contribution in [0.3, 0.4) is 0 Å². The van der Waals surface area contributed by atoms with Crippen molar-refractivity contribution < 1.29 is 13.5 Å². The molecule has 1 spiro atoms. The van der Waals surface area contributed by atoms with Gasteiger partial charge in [0.1, 0.15) is 0 Å². The van der Waals surface area contributed by atoms with Gasteiger partial charge in [-0.05, 0) is 32.4 Å². The van der Waals surface area contributed by atoms with Crippen LogP contribution in [-0.4, -0.2) is 40.1 Å². The maximum absolute atomic E-state index is 10.6. The van der Waals surface area contributed by atoms with Gasteiger partial charge in [0.15, 0.2) is 0 Å². The third kappa shape index (κ3) is 2.32. The molecule has 2 fully saturated rings. The summed E-state index contributed by atoms with van der Waals surface area (Å²) in [4.78, 5) is 0. The normalized spacial score (nSPS) is 33.4. The molecule has 3 N–H and O–H groups in total. The standard InChI is InChI=1S/C8H16N2O3S/c11-14(12)10-7-5-8(13-6-7)1-3-9-4-2-8/h7,9-10H,1-6H2,(H,11,12). The van der Waals surface area contributed by atoms with Gasteiger partial charge in [-0.2, -0.15) is 0 Å². The van der Waals surface area contributed by atoms with Crippen LogP contribution in [0.1, 0.15) is 19.3 Å². The van der Waals surface area contributed by atoms with Crippen LogP contribution < -0.4 is 10.0 Å². The highest BCUT2D eigenvalue weighted by Gasteiger charge is 2.41. The molecular formula is C8H16N2O3S. The molecule has 14 heavy (non-hydrogen) atoms. The number of ether oxygens (including phenoxy) is 1. The van der Waals surface area contributed by atoms with Crippen molar-refractivity contribution in [1.82, 2.24) is 10.0 Å². The van der Waals surface area contributed by atoms with Crippen LogP contribution >= 0.6 is 0 Å². The number of nitrogens with one attached hydrogen (secondary N) is 2. The van der Waals surface area contributed by atoms with Crippen LogP contribution in [0.5, 0.6) is 0 Å². The summed E-state index contributed by atoms with van der Waals surface area (Å²) in [5.74, 6) is 0. The Hall–Kier alpha value is -0.0100. The Labute approximate surface area is 86.0 Å². The molecular weight excluding hydrogens is 204 g/mol. The van der Waals surface area contributed by atoms with E-state index in [4.69, 9.17) is 9.29 Å². The number of hydrogen-bond donors (Lipinski definition) is 3. The molecule has 2 aliphatic heterocycles. The molecule has 2 aliphatic rings. The Balaban J connectivity index is 1.89. The maximum atomic E-state index is 10.6. The molecule has 6 heteroatoms. The minimum absolute atomic E-state index is 0.0268. The van der Waals surface area contributed by atoms with Crippen molar-refractivity contribution in [3.63, 3.8) is 0 Å². The Kier molecular flexibility index (Phi) is 3.18. The molecule has 0 aromatic heterocycles. The molecule has 0 bridgehead atoms. The molecule has 0 aromatic carbocycles. The summed E-state index contributed by atoms with van der Waals surface area (Å²) in [6.07, 6.45) is 2.85. The van der Waals surface area contributed by atoms with E-state index in [-0.39, 0.29) is 11.6 Å². The summed E-state index contributed by atoms with van der Waals surface area (Å²) in [6.45, 7) is 2.51. The van der Waals surface area contributed by atoms with E-state index in [9.17, 15) is 4.21 Å². The molecule has 0 saturated carbocycles. The van der Waals surface area contributed by atoms with Crippen LogP contribution in [0.25, 0.3) is 0 Å². The average molecular weight is 220 g/mol. The fraction of sp³-hybridized carbons (Fsp3) is 1.00. The second-order valence-electron chi connectivity index (χ2n) is 4.01. The lowest BCUT2D eigenvalue weighted by Crippen LogP contribution is -2.42. The lowest BCUT2D eigenvalue weighted by atomic mass is 9.88. The Morgan fingerprint density at radius 3 is 2.86 bits per heavy atom. The monoisotopic (exact) mass is 220 g/mol. The molecule has 2 heterocycles. The van der Waals surface area contributed by atoms with Gasteiger partial charge in [-0.1, -0.05) is 0 Å². The molecule has 0 aliphatic carbocycles. The highest BCUT2D eigenvalue weighted by atomic mass is 32.2. The molecule has 2 saturated heterocycles. The first-order valence-electron chi connectivity index (χ1n) is 4.92. The van der Waals surface area contributed by atoms with Gasteiger partial charge in [-0.25, -0.2) is 8.93 Å².